The Bertz CT molecular complexity index is 970. The molecule has 3 aromatic heterocycles. The first-order valence-corrected chi connectivity index (χ1v) is 7.40. The van der Waals surface area contributed by atoms with E-state index < -0.39 is 0 Å². The van der Waals surface area contributed by atoms with Gasteiger partial charge in [0.1, 0.15) is 5.75 Å². The van der Waals surface area contributed by atoms with Crippen molar-refractivity contribution in [2.24, 2.45) is 0 Å². The van der Waals surface area contributed by atoms with Gasteiger partial charge in [-0.15, -0.1) is 0 Å². The highest BCUT2D eigenvalue weighted by atomic mass is 16.5. The Morgan fingerprint density at radius 1 is 1.13 bits per heavy atom. The number of fused-ring (bicyclic) bond motifs is 3. The van der Waals surface area contributed by atoms with Crippen molar-refractivity contribution >= 4 is 21.9 Å². The molecule has 0 aliphatic rings. The minimum absolute atomic E-state index is 0.0432. The lowest BCUT2D eigenvalue weighted by Crippen LogP contribution is -1.97. The van der Waals surface area contributed by atoms with E-state index in [9.17, 15) is 5.11 Å². The minimum Gasteiger partial charge on any atom is -0.497 e. The highest BCUT2D eigenvalue weighted by molar-refractivity contribution is 6.08. The standard InChI is InChI=1S/C17H16N4O2/c1-23-11-4-2-10(3-5-11)15-14-13(7-9-22)19-17-12(6-8-18-17)16(14)21-20-15/h2-6,8,20-22H,7,9H2,1H3. The Hall–Kier alpha value is -2.86. The quantitative estimate of drug-likeness (QED) is 0.541. The molecule has 0 spiro atoms. The Morgan fingerprint density at radius 2 is 1.96 bits per heavy atom. The number of aliphatic hydroxyl groups excluding tert-OH is 1. The first-order chi connectivity index (χ1) is 11.3. The third-order valence-corrected chi connectivity index (χ3v) is 4.02. The van der Waals surface area contributed by atoms with Crippen molar-refractivity contribution < 1.29 is 9.84 Å². The molecular formula is C17H16N4O2. The van der Waals surface area contributed by atoms with Gasteiger partial charge in [-0.05, 0) is 30.3 Å². The molecule has 3 N–H and O–H groups in total. The number of aromatic nitrogens is 4. The van der Waals surface area contributed by atoms with Crippen LogP contribution in [0.25, 0.3) is 33.2 Å². The Kier molecular flexibility index (Phi) is 3.24. The molecule has 0 bridgehead atoms. The third kappa shape index (κ3) is 2.15. The van der Waals surface area contributed by atoms with Crippen molar-refractivity contribution in [1.82, 2.24) is 20.2 Å². The monoisotopic (exact) mass is 308 g/mol. The smallest absolute Gasteiger partial charge is 0.161 e. The van der Waals surface area contributed by atoms with E-state index in [1.165, 1.54) is 0 Å². The van der Waals surface area contributed by atoms with Gasteiger partial charge in [0.15, 0.2) is 5.65 Å². The molecule has 0 atom stereocenters. The van der Waals surface area contributed by atoms with Gasteiger partial charge in [-0.3, -0.25) is 10.2 Å². The Labute approximate surface area is 132 Å². The number of hydrogen-bond donors (Lipinski definition) is 3. The molecular weight excluding hydrogens is 292 g/mol. The van der Waals surface area contributed by atoms with Gasteiger partial charge in [0, 0.05) is 35.6 Å². The van der Waals surface area contributed by atoms with Gasteiger partial charge in [0.2, 0.25) is 0 Å². The van der Waals surface area contributed by atoms with Crippen molar-refractivity contribution in [2.45, 2.75) is 6.42 Å². The summed E-state index contributed by atoms with van der Waals surface area (Å²) in [7, 11) is 1.65. The number of benzene rings is 1. The second-order valence-corrected chi connectivity index (χ2v) is 5.32. The number of H-pyrrole nitrogens is 2. The number of ether oxygens (including phenoxy) is 1. The maximum Gasteiger partial charge on any atom is 0.161 e. The average Bonchev–Trinajstić information content (AvgIpc) is 3.21. The molecule has 0 unspecified atom stereocenters. The highest BCUT2D eigenvalue weighted by Gasteiger charge is 2.16. The summed E-state index contributed by atoms with van der Waals surface area (Å²) in [4.78, 5) is 8.88. The van der Waals surface area contributed by atoms with Crippen LogP contribution in [-0.4, -0.2) is 39.0 Å². The summed E-state index contributed by atoms with van der Waals surface area (Å²) < 4.78 is 5.21. The minimum atomic E-state index is 0.0432. The van der Waals surface area contributed by atoms with Gasteiger partial charge >= 0.3 is 0 Å². The average molecular weight is 308 g/mol. The van der Waals surface area contributed by atoms with Crippen LogP contribution in [-0.2, 0) is 6.42 Å². The van der Waals surface area contributed by atoms with E-state index in [-0.39, 0.29) is 6.61 Å². The predicted octanol–water partition coefficient (Wildman–Crippen LogP) is 2.65. The van der Waals surface area contributed by atoms with E-state index >= 15 is 0 Å². The normalized spacial score (nSPS) is 11.4. The molecule has 4 aromatic rings. The number of methoxy groups -OCH3 is 1. The van der Waals surface area contributed by atoms with Crippen molar-refractivity contribution in [2.75, 3.05) is 13.7 Å². The van der Waals surface area contributed by atoms with Gasteiger partial charge < -0.3 is 9.84 Å². The zero-order valence-corrected chi connectivity index (χ0v) is 12.6. The molecule has 0 fully saturated rings. The molecule has 4 rings (SSSR count). The summed E-state index contributed by atoms with van der Waals surface area (Å²) in [5.41, 5.74) is 4.45. The van der Waals surface area contributed by atoms with E-state index in [0.29, 0.717) is 12.1 Å². The van der Waals surface area contributed by atoms with Gasteiger partial charge in [0.25, 0.3) is 0 Å². The van der Waals surface area contributed by atoms with Crippen molar-refractivity contribution in [3.8, 4) is 17.0 Å². The fourth-order valence-electron chi connectivity index (χ4n) is 2.92. The largest absolute Gasteiger partial charge is 0.497 e. The first kappa shape index (κ1) is 13.8. The van der Waals surface area contributed by atoms with Gasteiger partial charge in [-0.25, -0.2) is 9.97 Å². The molecule has 0 saturated carbocycles. The topological polar surface area (TPSA) is 86.8 Å². The molecule has 23 heavy (non-hydrogen) atoms. The van der Waals surface area contributed by atoms with Crippen LogP contribution in [0.4, 0.5) is 0 Å². The van der Waals surface area contributed by atoms with Crippen LogP contribution in [0, 0.1) is 0 Å². The van der Waals surface area contributed by atoms with Crippen LogP contribution >= 0.6 is 0 Å². The zero-order valence-electron chi connectivity index (χ0n) is 12.6. The first-order valence-electron chi connectivity index (χ1n) is 7.40. The molecule has 0 radical (unpaired) electrons. The summed E-state index contributed by atoms with van der Waals surface area (Å²) in [6, 6.07) is 9.77. The molecule has 6 heteroatoms. The van der Waals surface area contributed by atoms with Crippen molar-refractivity contribution in [1.29, 1.82) is 0 Å². The van der Waals surface area contributed by atoms with Crippen LogP contribution in [0.3, 0.4) is 0 Å². The van der Waals surface area contributed by atoms with Crippen LogP contribution in [0.15, 0.2) is 36.5 Å². The molecule has 3 heterocycles. The van der Waals surface area contributed by atoms with Crippen LogP contribution in [0.2, 0.25) is 0 Å². The van der Waals surface area contributed by atoms with Crippen LogP contribution in [0.1, 0.15) is 5.69 Å². The van der Waals surface area contributed by atoms with E-state index in [2.05, 4.69) is 20.2 Å². The Balaban J connectivity index is 1.99. The Morgan fingerprint density at radius 3 is 2.70 bits per heavy atom. The van der Waals surface area contributed by atoms with Gasteiger partial charge in [-0.2, -0.15) is 0 Å². The SMILES string of the molecule is COc1ccc(-c2[nH][nH]c3c2c(CCO)nc2nccc23)cc1. The maximum atomic E-state index is 9.37. The van der Waals surface area contributed by atoms with Gasteiger partial charge in [0.05, 0.1) is 24.0 Å². The van der Waals surface area contributed by atoms with Crippen molar-refractivity contribution in [3.05, 3.63) is 42.2 Å². The summed E-state index contributed by atoms with van der Waals surface area (Å²) in [6.45, 7) is 0.0432. The zero-order chi connectivity index (χ0) is 15.8. The fourth-order valence-corrected chi connectivity index (χ4v) is 2.92. The van der Waals surface area contributed by atoms with Crippen LogP contribution < -0.4 is 4.74 Å². The number of rotatable bonds is 4. The second-order valence-electron chi connectivity index (χ2n) is 5.32. The molecule has 1 aromatic carbocycles. The van der Waals surface area contributed by atoms with Crippen molar-refractivity contribution in [3.63, 3.8) is 0 Å². The predicted molar refractivity (Wildman–Crippen MR) is 88.5 cm³/mol. The molecule has 116 valence electrons. The number of nitrogens with zero attached hydrogens (tertiary/aromatic N) is 2. The van der Waals surface area contributed by atoms with E-state index in [0.717, 1.165) is 39.0 Å². The summed E-state index contributed by atoms with van der Waals surface area (Å²) in [6.07, 6.45) is 2.22. The van der Waals surface area contributed by atoms with Gasteiger partial charge in [-0.1, -0.05) is 0 Å². The molecule has 0 amide bonds. The molecule has 0 aliphatic carbocycles. The highest BCUT2D eigenvalue weighted by Crippen LogP contribution is 2.33. The fraction of sp³-hybridized carbons (Fsp3) is 0.176. The van der Waals surface area contributed by atoms with E-state index in [4.69, 9.17) is 4.74 Å². The number of hydrogen-bond acceptors (Lipinski definition) is 4. The molecule has 6 nitrogen and oxygen atoms in total. The third-order valence-electron chi connectivity index (χ3n) is 4.02. The summed E-state index contributed by atoms with van der Waals surface area (Å²) >= 11 is 0. The second kappa shape index (κ2) is 5.40. The lowest BCUT2D eigenvalue weighted by Gasteiger charge is -2.06. The maximum absolute atomic E-state index is 9.37. The molecule has 0 saturated heterocycles. The summed E-state index contributed by atoms with van der Waals surface area (Å²) in [5, 5.41) is 17.8. The lowest BCUT2D eigenvalue weighted by molar-refractivity contribution is 0.299. The number of nitrogens with one attached hydrogen (secondary N) is 2. The number of aromatic amines is 2. The molecule has 0 aliphatic heterocycles. The van der Waals surface area contributed by atoms with E-state index in [1.54, 1.807) is 13.3 Å². The summed E-state index contributed by atoms with van der Waals surface area (Å²) in [5.74, 6) is 0.810. The van der Waals surface area contributed by atoms with E-state index in [1.807, 2.05) is 30.3 Å². The van der Waals surface area contributed by atoms with Crippen LogP contribution in [0.5, 0.6) is 5.75 Å². The number of aliphatic hydroxyl groups is 1. The number of pyridine rings is 1. The lowest BCUT2D eigenvalue weighted by atomic mass is 10.0.